The van der Waals surface area contributed by atoms with Crippen LogP contribution in [-0.2, 0) is 4.79 Å². The van der Waals surface area contributed by atoms with Crippen LogP contribution in [0.3, 0.4) is 0 Å². The third-order valence-corrected chi connectivity index (χ3v) is 2.99. The summed E-state index contributed by atoms with van der Waals surface area (Å²) in [5.41, 5.74) is 0.340. The van der Waals surface area contributed by atoms with Gasteiger partial charge in [-0.25, -0.2) is 0 Å². The van der Waals surface area contributed by atoms with E-state index >= 15 is 0 Å². The van der Waals surface area contributed by atoms with Crippen molar-refractivity contribution in [2.75, 3.05) is 13.1 Å². The summed E-state index contributed by atoms with van der Waals surface area (Å²) in [6.07, 6.45) is 5.08. The van der Waals surface area contributed by atoms with Gasteiger partial charge in [0.15, 0.2) is 0 Å². The van der Waals surface area contributed by atoms with Crippen molar-refractivity contribution in [1.29, 1.82) is 0 Å². The van der Waals surface area contributed by atoms with Gasteiger partial charge in [-0.15, -0.1) is 0 Å². The average Bonchev–Trinajstić information content (AvgIpc) is 2.17. The lowest BCUT2D eigenvalue weighted by Gasteiger charge is -2.24. The predicted molar refractivity (Wildman–Crippen MR) is 67.3 cm³/mol. The van der Waals surface area contributed by atoms with Crippen LogP contribution in [0.2, 0.25) is 0 Å². The normalized spacial score (nSPS) is 21.8. The van der Waals surface area contributed by atoms with Crippen molar-refractivity contribution in [3.05, 3.63) is 0 Å². The molecule has 0 aromatic heterocycles. The Morgan fingerprint density at radius 2 is 2.19 bits per heavy atom. The molecule has 3 heteroatoms. The zero-order valence-electron chi connectivity index (χ0n) is 10.9. The lowest BCUT2D eigenvalue weighted by Crippen LogP contribution is -2.45. The van der Waals surface area contributed by atoms with Crippen molar-refractivity contribution >= 4 is 5.91 Å². The summed E-state index contributed by atoms with van der Waals surface area (Å²) in [4.78, 5) is 11.7. The van der Waals surface area contributed by atoms with Gasteiger partial charge in [-0.2, -0.15) is 0 Å². The van der Waals surface area contributed by atoms with E-state index in [0.717, 1.165) is 32.4 Å². The minimum Gasteiger partial charge on any atom is -0.352 e. The summed E-state index contributed by atoms with van der Waals surface area (Å²) in [5, 5.41) is 6.41. The van der Waals surface area contributed by atoms with Gasteiger partial charge < -0.3 is 10.6 Å². The van der Waals surface area contributed by atoms with Crippen molar-refractivity contribution in [2.24, 2.45) is 5.41 Å². The van der Waals surface area contributed by atoms with Gasteiger partial charge in [0.05, 0.1) is 0 Å². The third-order valence-electron chi connectivity index (χ3n) is 2.99. The monoisotopic (exact) mass is 226 g/mol. The van der Waals surface area contributed by atoms with Crippen LogP contribution < -0.4 is 10.6 Å². The molecule has 1 fully saturated rings. The van der Waals surface area contributed by atoms with Gasteiger partial charge in [0, 0.05) is 19.0 Å². The standard InChI is InChI=1S/C13H26N2O/c1-13(2,3)8-4-7-12(16)15-11-6-5-9-14-10-11/h11,14H,4-10H2,1-3H3,(H,15,16). The lowest BCUT2D eigenvalue weighted by molar-refractivity contribution is -0.122. The Morgan fingerprint density at radius 3 is 2.75 bits per heavy atom. The number of hydrogen-bond donors (Lipinski definition) is 2. The molecule has 0 spiro atoms. The number of hydrogen-bond acceptors (Lipinski definition) is 2. The van der Waals surface area contributed by atoms with E-state index in [1.54, 1.807) is 0 Å². The zero-order chi connectivity index (χ0) is 12.0. The van der Waals surface area contributed by atoms with Gasteiger partial charge in [0.2, 0.25) is 5.91 Å². The average molecular weight is 226 g/mol. The zero-order valence-corrected chi connectivity index (χ0v) is 10.9. The second-order valence-corrected chi connectivity index (χ2v) is 6.03. The summed E-state index contributed by atoms with van der Waals surface area (Å²) in [6.45, 7) is 8.68. The number of rotatable bonds is 4. The maximum Gasteiger partial charge on any atom is 0.220 e. The maximum atomic E-state index is 11.7. The minimum absolute atomic E-state index is 0.220. The Morgan fingerprint density at radius 1 is 1.44 bits per heavy atom. The van der Waals surface area contributed by atoms with Crippen molar-refractivity contribution in [3.63, 3.8) is 0 Å². The first kappa shape index (κ1) is 13.5. The van der Waals surface area contributed by atoms with E-state index in [1.807, 2.05) is 0 Å². The Hall–Kier alpha value is -0.570. The number of piperidine rings is 1. The molecule has 0 aromatic rings. The molecule has 1 amide bonds. The lowest BCUT2D eigenvalue weighted by atomic mass is 9.90. The molecule has 0 aromatic carbocycles. The van der Waals surface area contributed by atoms with Crippen LogP contribution in [0.1, 0.15) is 52.9 Å². The van der Waals surface area contributed by atoms with Crippen molar-refractivity contribution < 1.29 is 4.79 Å². The highest BCUT2D eigenvalue weighted by molar-refractivity contribution is 5.76. The predicted octanol–water partition coefficient (Wildman–Crippen LogP) is 2.07. The molecular weight excluding hydrogens is 200 g/mol. The van der Waals surface area contributed by atoms with Gasteiger partial charge in [-0.3, -0.25) is 4.79 Å². The number of nitrogens with one attached hydrogen (secondary N) is 2. The molecule has 0 aliphatic carbocycles. The molecule has 16 heavy (non-hydrogen) atoms. The Labute approximate surface area is 99.4 Å². The van der Waals surface area contributed by atoms with Crippen LogP contribution in [0.4, 0.5) is 0 Å². The highest BCUT2D eigenvalue weighted by Gasteiger charge is 2.16. The number of amides is 1. The van der Waals surface area contributed by atoms with E-state index in [-0.39, 0.29) is 5.91 Å². The van der Waals surface area contributed by atoms with Crippen LogP contribution in [0.25, 0.3) is 0 Å². The minimum atomic E-state index is 0.220. The van der Waals surface area contributed by atoms with E-state index in [2.05, 4.69) is 31.4 Å². The van der Waals surface area contributed by atoms with Crippen molar-refractivity contribution in [3.8, 4) is 0 Å². The van der Waals surface area contributed by atoms with Gasteiger partial charge in [-0.1, -0.05) is 20.8 Å². The molecule has 0 radical (unpaired) electrons. The summed E-state index contributed by atoms with van der Waals surface area (Å²) in [6, 6.07) is 0.357. The fraction of sp³-hybridized carbons (Fsp3) is 0.923. The highest BCUT2D eigenvalue weighted by atomic mass is 16.1. The molecule has 1 unspecified atom stereocenters. The Balaban J connectivity index is 2.10. The van der Waals surface area contributed by atoms with Crippen LogP contribution in [0.5, 0.6) is 0 Å². The van der Waals surface area contributed by atoms with E-state index in [1.165, 1.54) is 6.42 Å². The molecule has 1 aliphatic rings. The first-order chi connectivity index (χ1) is 7.47. The molecule has 0 saturated carbocycles. The smallest absolute Gasteiger partial charge is 0.220 e. The van der Waals surface area contributed by atoms with E-state index < -0.39 is 0 Å². The summed E-state index contributed by atoms with van der Waals surface area (Å²) in [5.74, 6) is 0.220. The van der Waals surface area contributed by atoms with Crippen molar-refractivity contribution in [1.82, 2.24) is 10.6 Å². The third kappa shape index (κ3) is 6.11. The molecule has 1 heterocycles. The number of carbonyl (C=O) groups is 1. The molecule has 1 rings (SSSR count). The van der Waals surface area contributed by atoms with E-state index in [9.17, 15) is 4.79 Å². The summed E-state index contributed by atoms with van der Waals surface area (Å²) >= 11 is 0. The van der Waals surface area contributed by atoms with E-state index in [4.69, 9.17) is 0 Å². The van der Waals surface area contributed by atoms with Gasteiger partial charge in [0.1, 0.15) is 0 Å². The second kappa shape index (κ2) is 6.24. The molecule has 1 aliphatic heterocycles. The van der Waals surface area contributed by atoms with Crippen LogP contribution in [0.15, 0.2) is 0 Å². The largest absolute Gasteiger partial charge is 0.352 e. The van der Waals surface area contributed by atoms with Gasteiger partial charge >= 0.3 is 0 Å². The molecule has 2 N–H and O–H groups in total. The molecule has 0 bridgehead atoms. The molecule has 1 atom stereocenters. The maximum absolute atomic E-state index is 11.7. The first-order valence-electron chi connectivity index (χ1n) is 6.47. The quantitative estimate of drug-likeness (QED) is 0.770. The molecule has 1 saturated heterocycles. The van der Waals surface area contributed by atoms with Crippen molar-refractivity contribution in [2.45, 2.75) is 58.9 Å². The second-order valence-electron chi connectivity index (χ2n) is 6.03. The fourth-order valence-electron chi connectivity index (χ4n) is 2.05. The van der Waals surface area contributed by atoms with Crippen LogP contribution in [0, 0.1) is 5.41 Å². The van der Waals surface area contributed by atoms with Crippen LogP contribution in [-0.4, -0.2) is 25.0 Å². The Bertz CT molecular complexity index is 214. The summed E-state index contributed by atoms with van der Waals surface area (Å²) < 4.78 is 0. The Kier molecular flexibility index (Phi) is 5.26. The highest BCUT2D eigenvalue weighted by Crippen LogP contribution is 2.21. The molecule has 3 nitrogen and oxygen atoms in total. The van der Waals surface area contributed by atoms with Gasteiger partial charge in [0.25, 0.3) is 0 Å². The van der Waals surface area contributed by atoms with Gasteiger partial charge in [-0.05, 0) is 37.6 Å². The van der Waals surface area contributed by atoms with E-state index in [0.29, 0.717) is 17.9 Å². The first-order valence-corrected chi connectivity index (χ1v) is 6.47. The molecular formula is C13H26N2O. The summed E-state index contributed by atoms with van der Waals surface area (Å²) in [7, 11) is 0. The number of carbonyl (C=O) groups excluding carboxylic acids is 1. The SMILES string of the molecule is CC(C)(C)CCCC(=O)NC1CCCNC1. The van der Waals surface area contributed by atoms with Crippen LogP contribution >= 0.6 is 0 Å². The molecule has 94 valence electrons. The fourth-order valence-corrected chi connectivity index (χ4v) is 2.05. The topological polar surface area (TPSA) is 41.1 Å².